The van der Waals surface area contributed by atoms with Gasteiger partial charge < -0.3 is 10.2 Å². The molecule has 2 unspecified atom stereocenters. The van der Waals surface area contributed by atoms with E-state index in [4.69, 9.17) is 0 Å². The van der Waals surface area contributed by atoms with Gasteiger partial charge in [0.2, 0.25) is 5.91 Å². The highest BCUT2D eigenvalue weighted by Crippen LogP contribution is 2.48. The summed E-state index contributed by atoms with van der Waals surface area (Å²) in [5.74, 6) is -2.21. The maximum absolute atomic E-state index is 13.5. The monoisotopic (exact) mass is 538 g/mol. The fraction of sp³-hybridized carbons (Fsp3) is 0.310. The molecule has 2 aliphatic rings. The van der Waals surface area contributed by atoms with Crippen molar-refractivity contribution < 1.29 is 26.8 Å². The molecule has 0 spiro atoms. The Morgan fingerprint density at radius 2 is 1.58 bits per heavy atom. The minimum Gasteiger partial charge on any atom is -0.339 e. The Hall–Kier alpha value is -3.59. The van der Waals surface area contributed by atoms with E-state index in [1.165, 1.54) is 18.2 Å². The van der Waals surface area contributed by atoms with Crippen molar-refractivity contribution in [3.05, 3.63) is 95.1 Å². The number of anilines is 1. The van der Waals surface area contributed by atoms with Crippen LogP contribution in [0.2, 0.25) is 0 Å². The lowest BCUT2D eigenvalue weighted by Gasteiger charge is -2.32. The van der Waals surface area contributed by atoms with E-state index >= 15 is 0 Å². The number of nitrogens with zero attached hydrogens (tertiary/aromatic N) is 1. The molecule has 2 fully saturated rings. The van der Waals surface area contributed by atoms with Crippen molar-refractivity contribution in [1.29, 1.82) is 0 Å². The van der Waals surface area contributed by atoms with Gasteiger partial charge in [-0.3, -0.25) is 9.59 Å². The molecule has 3 aromatic carbocycles. The normalized spacial score (nSPS) is 19.7. The minimum atomic E-state index is -3.39. The third kappa shape index (κ3) is 5.62. The van der Waals surface area contributed by atoms with E-state index in [0.29, 0.717) is 36.3 Å². The Labute approximate surface area is 220 Å². The van der Waals surface area contributed by atoms with Gasteiger partial charge in [0, 0.05) is 36.5 Å². The van der Waals surface area contributed by atoms with Crippen molar-refractivity contribution in [3.8, 4) is 0 Å². The standard InChI is InChI=1S/C29H28F2N2O4S/c1-38(36,37)23-4-2-3-21(15-23)29(35)33-13-11-19(12-14-33)18-5-8-22(9-6-18)32-28(34)25-17-24(25)20-7-10-26(30)27(31)16-20/h2-10,15-16,19,24-25H,11-14,17H2,1H3,(H,32,34). The van der Waals surface area contributed by atoms with Crippen molar-refractivity contribution in [2.45, 2.75) is 36.0 Å². The number of likely N-dealkylation sites (tertiary alicyclic amines) is 1. The van der Waals surface area contributed by atoms with Crippen LogP contribution in [0.5, 0.6) is 0 Å². The van der Waals surface area contributed by atoms with Gasteiger partial charge in [-0.2, -0.15) is 0 Å². The van der Waals surface area contributed by atoms with Crippen LogP contribution in [-0.4, -0.2) is 44.5 Å². The molecule has 38 heavy (non-hydrogen) atoms. The first-order valence-corrected chi connectivity index (χ1v) is 14.4. The molecule has 5 rings (SSSR count). The van der Waals surface area contributed by atoms with Crippen molar-refractivity contribution in [3.63, 3.8) is 0 Å². The lowest BCUT2D eigenvalue weighted by atomic mass is 9.89. The second kappa shape index (κ2) is 10.3. The van der Waals surface area contributed by atoms with Crippen LogP contribution in [0.3, 0.4) is 0 Å². The molecule has 1 aliphatic heterocycles. The largest absolute Gasteiger partial charge is 0.339 e. The van der Waals surface area contributed by atoms with E-state index in [1.54, 1.807) is 17.0 Å². The highest BCUT2D eigenvalue weighted by Gasteiger charge is 2.44. The van der Waals surface area contributed by atoms with E-state index in [-0.39, 0.29) is 34.5 Å². The summed E-state index contributed by atoms with van der Waals surface area (Å²) in [7, 11) is -3.39. The van der Waals surface area contributed by atoms with Crippen LogP contribution in [-0.2, 0) is 14.6 Å². The highest BCUT2D eigenvalue weighted by atomic mass is 32.2. The lowest BCUT2D eigenvalue weighted by molar-refractivity contribution is -0.117. The van der Waals surface area contributed by atoms with Crippen LogP contribution in [0.15, 0.2) is 71.6 Å². The smallest absolute Gasteiger partial charge is 0.253 e. The molecule has 9 heteroatoms. The Kier molecular flexibility index (Phi) is 7.05. The van der Waals surface area contributed by atoms with Gasteiger partial charge in [-0.1, -0.05) is 24.3 Å². The van der Waals surface area contributed by atoms with E-state index in [1.807, 2.05) is 24.3 Å². The first-order valence-electron chi connectivity index (χ1n) is 12.6. The summed E-state index contributed by atoms with van der Waals surface area (Å²) < 4.78 is 50.3. The zero-order valence-electron chi connectivity index (χ0n) is 20.9. The quantitative estimate of drug-likeness (QED) is 0.472. The Morgan fingerprint density at radius 1 is 0.895 bits per heavy atom. The molecule has 2 amide bonds. The third-order valence-electron chi connectivity index (χ3n) is 7.44. The van der Waals surface area contributed by atoms with E-state index < -0.39 is 21.5 Å². The summed E-state index contributed by atoms with van der Waals surface area (Å²) in [6.45, 7) is 1.14. The third-order valence-corrected chi connectivity index (χ3v) is 8.55. The van der Waals surface area contributed by atoms with Gasteiger partial charge in [0.1, 0.15) is 0 Å². The number of hydrogen-bond acceptors (Lipinski definition) is 4. The van der Waals surface area contributed by atoms with Crippen LogP contribution < -0.4 is 5.32 Å². The number of piperidine rings is 1. The molecule has 1 heterocycles. The van der Waals surface area contributed by atoms with Gasteiger partial charge in [0.25, 0.3) is 5.91 Å². The van der Waals surface area contributed by atoms with Crippen molar-refractivity contribution in [2.24, 2.45) is 5.92 Å². The molecule has 2 atom stereocenters. The van der Waals surface area contributed by atoms with Gasteiger partial charge >= 0.3 is 0 Å². The summed E-state index contributed by atoms with van der Waals surface area (Å²) in [6.07, 6.45) is 3.28. The summed E-state index contributed by atoms with van der Waals surface area (Å²) in [4.78, 5) is 27.5. The van der Waals surface area contributed by atoms with Crippen LogP contribution >= 0.6 is 0 Å². The molecular weight excluding hydrogens is 510 g/mol. The van der Waals surface area contributed by atoms with Gasteiger partial charge in [0.15, 0.2) is 21.5 Å². The maximum Gasteiger partial charge on any atom is 0.253 e. The summed E-state index contributed by atoms with van der Waals surface area (Å²) >= 11 is 0. The van der Waals surface area contributed by atoms with Crippen LogP contribution in [0.4, 0.5) is 14.5 Å². The number of sulfone groups is 1. The number of carbonyl (C=O) groups is 2. The van der Waals surface area contributed by atoms with E-state index in [2.05, 4.69) is 5.32 Å². The summed E-state index contributed by atoms with van der Waals surface area (Å²) in [5, 5.41) is 2.91. The molecule has 0 bridgehead atoms. The molecule has 0 aromatic heterocycles. The Balaban J connectivity index is 1.14. The average molecular weight is 539 g/mol. The highest BCUT2D eigenvalue weighted by molar-refractivity contribution is 7.90. The van der Waals surface area contributed by atoms with Gasteiger partial charge in [-0.15, -0.1) is 0 Å². The van der Waals surface area contributed by atoms with Crippen LogP contribution in [0.25, 0.3) is 0 Å². The second-order valence-corrected chi connectivity index (χ2v) is 12.1. The van der Waals surface area contributed by atoms with Gasteiger partial charge in [0.05, 0.1) is 4.90 Å². The van der Waals surface area contributed by atoms with Gasteiger partial charge in [-0.05, 0) is 84.7 Å². The fourth-order valence-electron chi connectivity index (χ4n) is 5.13. The number of amides is 2. The fourth-order valence-corrected chi connectivity index (χ4v) is 5.79. The zero-order chi connectivity index (χ0) is 27.0. The molecule has 1 saturated heterocycles. The van der Waals surface area contributed by atoms with E-state index in [0.717, 1.165) is 36.8 Å². The SMILES string of the molecule is CS(=O)(=O)c1cccc(C(=O)N2CCC(c3ccc(NC(=O)C4CC4c4ccc(F)c(F)c4)cc3)CC2)c1. The number of rotatable bonds is 6. The molecule has 1 N–H and O–H groups in total. The first-order chi connectivity index (χ1) is 18.1. The van der Waals surface area contributed by atoms with Crippen LogP contribution in [0, 0.1) is 17.6 Å². The van der Waals surface area contributed by atoms with Crippen molar-refractivity contribution in [2.75, 3.05) is 24.7 Å². The zero-order valence-corrected chi connectivity index (χ0v) is 21.7. The number of carbonyl (C=O) groups excluding carboxylic acids is 2. The minimum absolute atomic E-state index is 0.105. The molecule has 198 valence electrons. The van der Waals surface area contributed by atoms with Crippen molar-refractivity contribution >= 4 is 27.3 Å². The second-order valence-electron chi connectivity index (χ2n) is 10.1. The number of hydrogen-bond donors (Lipinski definition) is 1. The average Bonchev–Trinajstić information content (AvgIpc) is 3.71. The summed E-state index contributed by atoms with van der Waals surface area (Å²) in [5.41, 5.74) is 2.80. The Morgan fingerprint density at radius 3 is 2.24 bits per heavy atom. The molecule has 0 radical (unpaired) electrons. The topological polar surface area (TPSA) is 83.6 Å². The van der Waals surface area contributed by atoms with Gasteiger partial charge in [-0.25, -0.2) is 17.2 Å². The van der Waals surface area contributed by atoms with E-state index in [9.17, 15) is 26.8 Å². The van der Waals surface area contributed by atoms with Crippen LogP contribution in [0.1, 0.15) is 52.6 Å². The lowest BCUT2D eigenvalue weighted by Crippen LogP contribution is -2.38. The van der Waals surface area contributed by atoms with Crippen molar-refractivity contribution in [1.82, 2.24) is 4.90 Å². The number of halogens is 2. The first kappa shape index (κ1) is 26.0. The number of nitrogens with one attached hydrogen (secondary N) is 1. The molecule has 3 aromatic rings. The maximum atomic E-state index is 13.5. The predicted octanol–water partition coefficient (Wildman–Crippen LogP) is 5.13. The molecule has 1 saturated carbocycles. The Bertz CT molecular complexity index is 1480. The molecule has 1 aliphatic carbocycles. The number of benzene rings is 3. The predicted molar refractivity (Wildman–Crippen MR) is 140 cm³/mol. The molecular formula is C29H28F2N2O4S. The summed E-state index contributed by atoms with van der Waals surface area (Å²) in [6, 6.07) is 17.6. The molecule has 6 nitrogen and oxygen atoms in total.